The average molecular weight is 454 g/mol. The number of ether oxygens (including phenoxy) is 1. The van der Waals surface area contributed by atoms with Gasteiger partial charge in [-0.05, 0) is 43.0 Å². The Morgan fingerprint density at radius 3 is 2.81 bits per heavy atom. The van der Waals surface area contributed by atoms with Crippen LogP contribution in [0.1, 0.15) is 25.3 Å². The minimum absolute atomic E-state index is 0.0211. The van der Waals surface area contributed by atoms with Crippen LogP contribution in [0.3, 0.4) is 0 Å². The smallest absolute Gasteiger partial charge is 0.235 e. The van der Waals surface area contributed by atoms with Gasteiger partial charge in [-0.2, -0.15) is 0 Å². The molecule has 1 amide bonds. The number of carbonyl (C=O) groups excluding carboxylic acids is 1. The summed E-state index contributed by atoms with van der Waals surface area (Å²) in [5.74, 6) is -0.317. The van der Waals surface area contributed by atoms with E-state index in [9.17, 15) is 9.18 Å². The van der Waals surface area contributed by atoms with Crippen molar-refractivity contribution in [2.24, 2.45) is 0 Å². The molecule has 2 heterocycles. The van der Waals surface area contributed by atoms with Crippen molar-refractivity contribution in [3.8, 4) is 11.3 Å². The lowest BCUT2D eigenvalue weighted by Gasteiger charge is -2.22. The van der Waals surface area contributed by atoms with Crippen LogP contribution in [0.5, 0.6) is 0 Å². The fourth-order valence-electron chi connectivity index (χ4n) is 3.97. The van der Waals surface area contributed by atoms with Crippen molar-refractivity contribution in [1.29, 1.82) is 0 Å². The second-order valence-electron chi connectivity index (χ2n) is 8.12. The standard InChI is InChI=1S/C25H28FN3O2S/c1-18(24(30)28(2)16-19-8-6-11-21(26)14-19)32-25-27-15-23(20-9-4-3-5-10-20)29(25)17-22-12-7-13-31-22/h3-6,8-11,14-15,18,22H,7,12-13,16-17H2,1-2H3. The van der Waals surface area contributed by atoms with E-state index in [2.05, 4.69) is 21.7 Å². The monoisotopic (exact) mass is 453 g/mol. The van der Waals surface area contributed by atoms with Gasteiger partial charge in [0.25, 0.3) is 0 Å². The zero-order valence-electron chi connectivity index (χ0n) is 18.4. The van der Waals surface area contributed by atoms with Crippen molar-refractivity contribution in [3.63, 3.8) is 0 Å². The fraction of sp³-hybridized carbons (Fsp3) is 0.360. The molecule has 3 aromatic rings. The van der Waals surface area contributed by atoms with Gasteiger partial charge in [-0.25, -0.2) is 9.37 Å². The third kappa shape index (κ3) is 5.40. The molecule has 1 aromatic heterocycles. The number of hydrogen-bond donors (Lipinski definition) is 0. The molecule has 1 fully saturated rings. The summed E-state index contributed by atoms with van der Waals surface area (Å²) < 4.78 is 21.5. The molecule has 5 nitrogen and oxygen atoms in total. The van der Waals surface area contributed by atoms with Gasteiger partial charge in [-0.1, -0.05) is 54.2 Å². The quantitative estimate of drug-likeness (QED) is 0.450. The number of rotatable bonds is 8. The minimum atomic E-state index is -0.331. The third-order valence-corrected chi connectivity index (χ3v) is 6.71. The molecule has 7 heteroatoms. The highest BCUT2D eigenvalue weighted by atomic mass is 32.2. The summed E-state index contributed by atoms with van der Waals surface area (Å²) in [6.45, 7) is 3.76. The van der Waals surface area contributed by atoms with E-state index in [0.717, 1.165) is 41.4 Å². The van der Waals surface area contributed by atoms with Crippen LogP contribution >= 0.6 is 11.8 Å². The second kappa shape index (κ2) is 10.3. The molecule has 2 unspecified atom stereocenters. The first kappa shape index (κ1) is 22.6. The van der Waals surface area contributed by atoms with Crippen LogP contribution in [0.4, 0.5) is 4.39 Å². The molecule has 0 bridgehead atoms. The maximum Gasteiger partial charge on any atom is 0.235 e. The molecule has 1 aliphatic heterocycles. The number of thioether (sulfide) groups is 1. The first-order valence-electron chi connectivity index (χ1n) is 10.9. The van der Waals surface area contributed by atoms with E-state index in [4.69, 9.17) is 4.74 Å². The Kier molecular flexibility index (Phi) is 7.27. The number of carbonyl (C=O) groups is 1. The molecule has 32 heavy (non-hydrogen) atoms. The molecule has 1 saturated heterocycles. The van der Waals surface area contributed by atoms with Gasteiger partial charge >= 0.3 is 0 Å². The lowest BCUT2D eigenvalue weighted by Crippen LogP contribution is -2.33. The summed E-state index contributed by atoms with van der Waals surface area (Å²) in [6, 6.07) is 16.5. The first-order valence-corrected chi connectivity index (χ1v) is 11.8. The molecule has 2 atom stereocenters. The van der Waals surface area contributed by atoms with Gasteiger partial charge in [0.2, 0.25) is 5.91 Å². The van der Waals surface area contributed by atoms with Crippen LogP contribution in [-0.4, -0.2) is 45.4 Å². The summed E-state index contributed by atoms with van der Waals surface area (Å²) in [5.41, 5.74) is 2.88. The molecular weight excluding hydrogens is 425 g/mol. The number of nitrogens with zero attached hydrogens (tertiary/aromatic N) is 3. The van der Waals surface area contributed by atoms with E-state index in [1.165, 1.54) is 23.9 Å². The summed E-state index contributed by atoms with van der Waals surface area (Å²) in [6.07, 6.45) is 4.14. The highest BCUT2D eigenvalue weighted by Gasteiger charge is 2.25. The topological polar surface area (TPSA) is 47.4 Å². The van der Waals surface area contributed by atoms with Gasteiger partial charge in [-0.15, -0.1) is 0 Å². The largest absolute Gasteiger partial charge is 0.376 e. The molecule has 0 aliphatic carbocycles. The van der Waals surface area contributed by atoms with E-state index < -0.39 is 0 Å². The second-order valence-corrected chi connectivity index (χ2v) is 9.43. The van der Waals surface area contributed by atoms with Crippen molar-refractivity contribution in [3.05, 3.63) is 72.2 Å². The minimum Gasteiger partial charge on any atom is -0.376 e. The molecule has 168 valence electrons. The number of amides is 1. The number of imidazole rings is 1. The molecule has 0 N–H and O–H groups in total. The fourth-order valence-corrected chi connectivity index (χ4v) is 4.98. The van der Waals surface area contributed by atoms with Crippen molar-refractivity contribution < 1.29 is 13.9 Å². The highest BCUT2D eigenvalue weighted by molar-refractivity contribution is 8.00. The molecule has 2 aromatic carbocycles. The van der Waals surface area contributed by atoms with Crippen molar-refractivity contribution in [1.82, 2.24) is 14.5 Å². The van der Waals surface area contributed by atoms with Crippen LogP contribution in [0, 0.1) is 5.82 Å². The van der Waals surface area contributed by atoms with E-state index in [0.29, 0.717) is 13.1 Å². The normalized spacial score (nSPS) is 16.8. The first-order chi connectivity index (χ1) is 15.5. The summed E-state index contributed by atoms with van der Waals surface area (Å²) >= 11 is 1.45. The van der Waals surface area contributed by atoms with Gasteiger partial charge in [0.15, 0.2) is 5.16 Å². The SMILES string of the molecule is CC(Sc1ncc(-c2ccccc2)n1CC1CCCO1)C(=O)N(C)Cc1cccc(F)c1. The van der Waals surface area contributed by atoms with Crippen LogP contribution in [-0.2, 0) is 22.6 Å². The zero-order valence-corrected chi connectivity index (χ0v) is 19.2. The number of halogens is 1. The van der Waals surface area contributed by atoms with Crippen LogP contribution < -0.4 is 0 Å². The predicted octanol–water partition coefficient (Wildman–Crippen LogP) is 5.01. The summed E-state index contributed by atoms with van der Waals surface area (Å²) in [5, 5.41) is 0.474. The van der Waals surface area contributed by atoms with Gasteiger partial charge in [0.1, 0.15) is 5.82 Å². The third-order valence-electron chi connectivity index (χ3n) is 5.61. The van der Waals surface area contributed by atoms with Gasteiger partial charge in [0.05, 0.1) is 29.8 Å². The Hall–Kier alpha value is -2.64. The van der Waals surface area contributed by atoms with E-state index in [-0.39, 0.29) is 23.1 Å². The molecule has 0 spiro atoms. The van der Waals surface area contributed by atoms with Crippen molar-refractivity contribution in [2.45, 2.75) is 49.4 Å². The molecule has 0 saturated carbocycles. The number of benzene rings is 2. The van der Waals surface area contributed by atoms with Crippen molar-refractivity contribution in [2.75, 3.05) is 13.7 Å². The number of aromatic nitrogens is 2. The van der Waals surface area contributed by atoms with Crippen LogP contribution in [0.15, 0.2) is 66.0 Å². The highest BCUT2D eigenvalue weighted by Crippen LogP contribution is 2.31. The Morgan fingerprint density at radius 2 is 2.09 bits per heavy atom. The Morgan fingerprint density at radius 1 is 1.28 bits per heavy atom. The molecular formula is C25H28FN3O2S. The molecule has 4 rings (SSSR count). The molecule has 0 radical (unpaired) electrons. The lowest BCUT2D eigenvalue weighted by molar-refractivity contribution is -0.129. The van der Waals surface area contributed by atoms with Crippen molar-refractivity contribution >= 4 is 17.7 Å². The summed E-state index contributed by atoms with van der Waals surface area (Å²) in [7, 11) is 1.75. The Bertz CT molecular complexity index is 1050. The Labute approximate surface area is 192 Å². The van der Waals surface area contributed by atoms with Gasteiger partial charge < -0.3 is 14.2 Å². The summed E-state index contributed by atoms with van der Waals surface area (Å²) in [4.78, 5) is 19.3. The maximum atomic E-state index is 13.5. The van der Waals surface area contributed by atoms with Crippen LogP contribution in [0.2, 0.25) is 0 Å². The lowest BCUT2D eigenvalue weighted by atomic mass is 10.1. The van der Waals surface area contributed by atoms with E-state index in [1.807, 2.05) is 37.4 Å². The maximum absolute atomic E-state index is 13.5. The average Bonchev–Trinajstić information content (AvgIpc) is 3.44. The van der Waals surface area contributed by atoms with E-state index >= 15 is 0 Å². The zero-order chi connectivity index (χ0) is 22.5. The predicted molar refractivity (Wildman–Crippen MR) is 125 cm³/mol. The Balaban J connectivity index is 1.50. The van der Waals surface area contributed by atoms with Gasteiger partial charge in [-0.3, -0.25) is 4.79 Å². The van der Waals surface area contributed by atoms with Crippen LogP contribution in [0.25, 0.3) is 11.3 Å². The number of hydrogen-bond acceptors (Lipinski definition) is 4. The molecule has 1 aliphatic rings. The van der Waals surface area contributed by atoms with E-state index in [1.54, 1.807) is 18.0 Å². The van der Waals surface area contributed by atoms with Gasteiger partial charge in [0, 0.05) is 20.2 Å².